The van der Waals surface area contributed by atoms with E-state index < -0.39 is 58.2 Å². The zero-order valence-corrected chi connectivity index (χ0v) is 24.1. The normalized spacial score (nSPS) is 14.3. The van der Waals surface area contributed by atoms with Crippen LogP contribution in [-0.2, 0) is 18.1 Å². The Kier molecular flexibility index (Phi) is 9.84. The molecule has 31 heavy (non-hydrogen) atoms. The quantitative estimate of drug-likeness (QED) is 0.441. The van der Waals surface area contributed by atoms with Crippen molar-refractivity contribution in [3.63, 3.8) is 0 Å². The monoisotopic (exact) mass is 522 g/mol. The number of hydrogen-bond donors (Lipinski definition) is 0. The van der Waals surface area contributed by atoms with E-state index in [0.29, 0.717) is 5.69 Å². The molecule has 13 heteroatoms. The fourth-order valence-electron chi connectivity index (χ4n) is 3.21. The molecule has 0 aromatic heterocycles. The maximum atomic E-state index is 12.6. The minimum absolute atomic E-state index is 0.439. The van der Waals surface area contributed by atoms with Gasteiger partial charge in [-0.3, -0.25) is 4.79 Å². The van der Waals surface area contributed by atoms with E-state index in [4.69, 9.17) is 4.43 Å². The first-order chi connectivity index (χ1) is 14.0. The summed E-state index contributed by atoms with van der Waals surface area (Å²) in [6.45, 7) is 9.94. The first-order valence-corrected chi connectivity index (χ1v) is 24.1. The molecule has 1 amide bonds. The molecule has 1 aromatic carbocycles. The molecular weight excluding hydrogens is 492 g/mol. The van der Waals surface area contributed by atoms with Crippen LogP contribution in [0.15, 0.2) is 24.3 Å². The predicted molar refractivity (Wildman–Crippen MR) is 126 cm³/mol. The fourth-order valence-corrected chi connectivity index (χ4v) is 40.1. The third-order valence-corrected chi connectivity index (χ3v) is 40.4. The van der Waals surface area contributed by atoms with Gasteiger partial charge in [0.2, 0.25) is 5.91 Å². The molecule has 1 rings (SSSR count). The number of anilines is 1. The van der Waals surface area contributed by atoms with Crippen molar-refractivity contribution in [1.29, 1.82) is 0 Å². The van der Waals surface area contributed by atoms with Crippen LogP contribution in [0.3, 0.4) is 0 Å². The lowest BCUT2D eigenvalue weighted by atomic mass is 10.2. The minimum atomic E-state index is -4.54. The molecule has 1 aromatic rings. The molecule has 0 N–H and O–H groups in total. The number of amides is 1. The van der Waals surface area contributed by atoms with Gasteiger partial charge in [0, 0.05) is 19.8 Å². The van der Waals surface area contributed by atoms with Crippen molar-refractivity contribution in [3.05, 3.63) is 24.3 Å². The summed E-state index contributed by atoms with van der Waals surface area (Å²) in [4.78, 5) is 13.0. The van der Waals surface area contributed by atoms with Crippen molar-refractivity contribution in [1.82, 2.24) is 0 Å². The number of carbonyl (C=O) groups is 1. The Morgan fingerprint density at radius 3 is 2.19 bits per heavy atom. The molecule has 173 valence electrons. The summed E-state index contributed by atoms with van der Waals surface area (Å²) in [5.41, 5.74) is 0.439. The largest absolute Gasteiger partial charge is 0.423 e. The molecule has 0 saturated heterocycles. The van der Waals surface area contributed by atoms with E-state index >= 15 is 0 Å². The number of hydrogen-bond acceptors (Lipinski definition) is 4. The molecule has 5 nitrogen and oxygen atoms in total. The van der Waals surface area contributed by atoms with Crippen LogP contribution in [0.5, 0.6) is 0 Å². The van der Waals surface area contributed by atoms with Crippen molar-refractivity contribution >= 4 is 56.4 Å². The second-order valence-electron chi connectivity index (χ2n) is 8.62. The number of carbonyl (C=O) groups excluding carboxylic acids is 1. The molecule has 0 saturated carbocycles. The van der Waals surface area contributed by atoms with E-state index in [-0.39, 0.29) is 0 Å². The van der Waals surface area contributed by atoms with Gasteiger partial charge in [0.05, 0.1) is 8.07 Å². The first-order valence-electron chi connectivity index (χ1n) is 9.92. The Hall–Kier alpha value is -0.876. The molecule has 1 unspecified atom stereocenters. The van der Waals surface area contributed by atoms with Crippen LogP contribution < -0.4 is 10.1 Å². The van der Waals surface area contributed by atoms with Gasteiger partial charge in [0.15, 0.2) is 7.83 Å². The molecule has 0 spiro atoms. The van der Waals surface area contributed by atoms with E-state index in [9.17, 15) is 26.9 Å². The smallest absolute Gasteiger partial charge is 0.397 e. The number of benzene rings is 1. The van der Waals surface area contributed by atoms with Gasteiger partial charge in [-0.2, -0.15) is 13.2 Å². The van der Waals surface area contributed by atoms with Crippen LogP contribution >= 0.6 is 0 Å². The van der Waals surface area contributed by atoms with Gasteiger partial charge in [-0.05, 0) is 31.3 Å². The van der Waals surface area contributed by atoms with Crippen molar-refractivity contribution in [2.75, 3.05) is 19.1 Å². The molecule has 0 aliphatic rings. The number of nitrogens with zero attached hydrogens (tertiary/aromatic N) is 1. The van der Waals surface area contributed by atoms with Gasteiger partial charge < -0.3 is 18.2 Å². The van der Waals surface area contributed by atoms with Crippen LogP contribution in [0.4, 0.5) is 18.9 Å². The Balaban J connectivity index is 3.04. The average Bonchev–Trinajstić information content (AvgIpc) is 2.69. The maximum absolute atomic E-state index is 12.6. The second kappa shape index (κ2) is 10.8. The summed E-state index contributed by atoms with van der Waals surface area (Å²) in [6, 6.07) is 8.81. The van der Waals surface area contributed by atoms with Crippen LogP contribution in [0, 0.1) is 0 Å². The van der Waals surface area contributed by atoms with E-state index in [1.807, 2.05) is 12.6 Å². The van der Waals surface area contributed by atoms with Gasteiger partial charge in [-0.15, -0.1) is 0 Å². The van der Waals surface area contributed by atoms with Gasteiger partial charge in [-0.1, -0.05) is 43.0 Å². The van der Waals surface area contributed by atoms with Crippen molar-refractivity contribution < 1.29 is 31.3 Å². The lowest BCUT2D eigenvalue weighted by Crippen LogP contribution is -2.58. The third-order valence-electron chi connectivity index (χ3n) is 5.87. The summed E-state index contributed by atoms with van der Waals surface area (Å²) in [5.74, 6) is -0.998. The molecule has 0 aliphatic carbocycles. The minimum Gasteiger partial charge on any atom is -0.423 e. The summed E-state index contributed by atoms with van der Waals surface area (Å²) in [7, 11) is -6.80. The zero-order valence-electron chi connectivity index (χ0n) is 19.1. The molecular formula is C18H31F3NO4Si5. The molecule has 0 bridgehead atoms. The van der Waals surface area contributed by atoms with Crippen molar-refractivity contribution in [2.24, 2.45) is 0 Å². The van der Waals surface area contributed by atoms with Gasteiger partial charge in [0.1, 0.15) is 14.3 Å². The van der Waals surface area contributed by atoms with Crippen LogP contribution in [-0.4, -0.2) is 65.9 Å². The molecule has 0 heterocycles. The van der Waals surface area contributed by atoms with Gasteiger partial charge in [0.25, 0.3) is 0 Å². The van der Waals surface area contributed by atoms with E-state index in [1.54, 1.807) is 31.9 Å². The lowest BCUT2D eigenvalue weighted by Gasteiger charge is -2.33. The van der Waals surface area contributed by atoms with Crippen LogP contribution in [0.25, 0.3) is 0 Å². The highest BCUT2D eigenvalue weighted by Crippen LogP contribution is 2.26. The first kappa shape index (κ1) is 28.2. The Labute approximate surface area is 188 Å². The third kappa shape index (κ3) is 7.89. The zero-order chi connectivity index (χ0) is 24.2. The molecule has 0 fully saturated rings. The Morgan fingerprint density at radius 1 is 1.13 bits per heavy atom. The lowest BCUT2D eigenvalue weighted by molar-refractivity contribution is -0.151. The van der Waals surface area contributed by atoms with E-state index in [2.05, 4.69) is 19.6 Å². The van der Waals surface area contributed by atoms with Crippen molar-refractivity contribution in [2.45, 2.75) is 57.4 Å². The van der Waals surface area contributed by atoms with Crippen molar-refractivity contribution in [3.8, 4) is 0 Å². The number of alkyl halides is 3. The SMILES string of the molecule is CO[Si](C)(CC[Si](C)(C)c1cccc(N(C)C(=O)CC(F)(F)F)c1)[Si](C)[Si](=O)[Si](C)=O. The van der Waals surface area contributed by atoms with Crippen LogP contribution in [0.1, 0.15) is 6.42 Å². The molecule has 1 radical (unpaired) electrons. The summed E-state index contributed by atoms with van der Waals surface area (Å²) in [5, 5.41) is 1.03. The van der Waals surface area contributed by atoms with E-state index in [1.165, 1.54) is 7.05 Å². The second-order valence-corrected chi connectivity index (χ2v) is 35.4. The number of rotatable bonds is 10. The molecule has 0 aliphatic heterocycles. The standard InChI is InChI=1S/C18H31F3NO4Si5/c1-22(17(23)14-18(19,20)21)15-9-8-10-16(13-15)30(5,6)11-12-31(7,26-2)28(4)29(25)27(3)24/h8-10,13H,11-12,14H2,1-7H3. The predicted octanol–water partition coefficient (Wildman–Crippen LogP) is 3.57. The Bertz CT molecular complexity index is 837. The average molecular weight is 523 g/mol. The highest BCUT2D eigenvalue weighted by Gasteiger charge is 2.44. The molecule has 1 atom stereocenters. The summed E-state index contributed by atoms with van der Waals surface area (Å²) in [6.07, 6.45) is -6.04. The highest BCUT2D eigenvalue weighted by atomic mass is 29.8. The van der Waals surface area contributed by atoms with Gasteiger partial charge in [-0.25, -0.2) is 0 Å². The Morgan fingerprint density at radius 2 is 1.71 bits per heavy atom. The highest BCUT2D eigenvalue weighted by molar-refractivity contribution is 7.61. The fraction of sp³-hybridized carbons (Fsp3) is 0.611. The summed E-state index contributed by atoms with van der Waals surface area (Å²) >= 11 is 0. The summed E-state index contributed by atoms with van der Waals surface area (Å²) < 4.78 is 68.0. The van der Waals surface area contributed by atoms with E-state index in [0.717, 1.165) is 22.2 Å². The number of halogens is 3. The van der Waals surface area contributed by atoms with Gasteiger partial charge >= 0.3 is 22.1 Å². The topological polar surface area (TPSA) is 63.7 Å². The van der Waals surface area contributed by atoms with Crippen LogP contribution in [0.2, 0.25) is 44.8 Å². The maximum Gasteiger partial charge on any atom is 0.397 e.